The van der Waals surface area contributed by atoms with Crippen molar-refractivity contribution >= 4 is 17.3 Å². The first kappa shape index (κ1) is 19.1. The van der Waals surface area contributed by atoms with E-state index < -0.39 is 28.8 Å². The van der Waals surface area contributed by atoms with E-state index in [1.54, 1.807) is 12.1 Å². The van der Waals surface area contributed by atoms with Gasteiger partial charge in [0, 0.05) is 18.1 Å². The minimum absolute atomic E-state index is 0.0231. The standard InChI is InChI=1S/C24H23NO5/c1-11-7-12(2)18(13(3)8-11)20-22(26)19-17-10-16(24(30-17)21(19)23(20)27)14-5-4-6-15(9-14)25(28)29/h4-9,16-17,19-21,24H,10H2,1-3H3/t16-,17-,19-,20?,21+,24+/m0/s1. The van der Waals surface area contributed by atoms with E-state index in [2.05, 4.69) is 0 Å². The molecule has 2 bridgehead atoms. The lowest BCUT2D eigenvalue weighted by Crippen LogP contribution is -2.34. The topological polar surface area (TPSA) is 86.5 Å². The van der Waals surface area contributed by atoms with E-state index in [0.717, 1.165) is 27.8 Å². The molecule has 3 fully saturated rings. The van der Waals surface area contributed by atoms with Crippen molar-refractivity contribution in [2.75, 3.05) is 0 Å². The van der Waals surface area contributed by atoms with Gasteiger partial charge in [0.2, 0.25) is 0 Å². The van der Waals surface area contributed by atoms with Gasteiger partial charge in [-0.3, -0.25) is 19.7 Å². The van der Waals surface area contributed by atoms with Gasteiger partial charge in [0.1, 0.15) is 5.92 Å². The minimum atomic E-state index is -0.724. The van der Waals surface area contributed by atoms with Gasteiger partial charge in [0.15, 0.2) is 11.6 Å². The molecule has 1 unspecified atom stereocenters. The van der Waals surface area contributed by atoms with E-state index >= 15 is 0 Å². The van der Waals surface area contributed by atoms with E-state index in [1.807, 2.05) is 39.0 Å². The zero-order valence-corrected chi connectivity index (χ0v) is 17.1. The fraction of sp³-hybridized carbons (Fsp3) is 0.417. The predicted molar refractivity (Wildman–Crippen MR) is 110 cm³/mol. The van der Waals surface area contributed by atoms with Crippen LogP contribution < -0.4 is 0 Å². The summed E-state index contributed by atoms with van der Waals surface area (Å²) in [5.74, 6) is -1.77. The Kier molecular flexibility index (Phi) is 4.19. The second-order valence-corrected chi connectivity index (χ2v) is 8.94. The highest BCUT2D eigenvalue weighted by Crippen LogP contribution is 2.57. The molecule has 0 radical (unpaired) electrons. The van der Waals surface area contributed by atoms with Crippen LogP contribution in [0.2, 0.25) is 0 Å². The molecule has 0 amide bonds. The van der Waals surface area contributed by atoms with E-state index in [9.17, 15) is 19.7 Å². The number of nitrogens with zero attached hydrogens (tertiary/aromatic N) is 1. The number of non-ortho nitro benzene ring substituents is 1. The highest BCUT2D eigenvalue weighted by atomic mass is 16.6. The summed E-state index contributed by atoms with van der Waals surface area (Å²) in [6.45, 7) is 5.93. The molecule has 6 heteroatoms. The fourth-order valence-corrected chi connectivity index (χ4v) is 6.09. The van der Waals surface area contributed by atoms with E-state index in [1.165, 1.54) is 6.07 Å². The molecule has 30 heavy (non-hydrogen) atoms. The molecule has 5 rings (SSSR count). The summed E-state index contributed by atoms with van der Waals surface area (Å²) in [4.78, 5) is 37.6. The third kappa shape index (κ3) is 2.59. The molecule has 2 aromatic carbocycles. The van der Waals surface area contributed by atoms with Crippen LogP contribution in [0.25, 0.3) is 0 Å². The molecule has 2 aliphatic heterocycles. The Morgan fingerprint density at radius 1 is 1.00 bits per heavy atom. The number of ether oxygens (including phenoxy) is 1. The van der Waals surface area contributed by atoms with E-state index in [-0.39, 0.29) is 29.3 Å². The Hall–Kier alpha value is -2.86. The van der Waals surface area contributed by atoms with Crippen LogP contribution in [0.1, 0.15) is 46.1 Å². The Balaban J connectivity index is 1.51. The van der Waals surface area contributed by atoms with Gasteiger partial charge < -0.3 is 4.74 Å². The third-order valence-corrected chi connectivity index (χ3v) is 7.12. The molecule has 154 valence electrons. The zero-order chi connectivity index (χ0) is 21.3. The van der Waals surface area contributed by atoms with Gasteiger partial charge in [0.25, 0.3) is 5.69 Å². The lowest BCUT2D eigenvalue weighted by Gasteiger charge is -2.26. The van der Waals surface area contributed by atoms with Crippen LogP contribution in [0.5, 0.6) is 0 Å². The maximum atomic E-state index is 13.5. The number of hydrogen-bond acceptors (Lipinski definition) is 5. The van der Waals surface area contributed by atoms with Crippen LogP contribution >= 0.6 is 0 Å². The molecule has 1 aliphatic carbocycles. The molecule has 3 aliphatic rings. The summed E-state index contributed by atoms with van der Waals surface area (Å²) in [7, 11) is 0. The number of nitro benzene ring substituents is 1. The van der Waals surface area contributed by atoms with Crippen molar-refractivity contribution in [2.24, 2.45) is 11.8 Å². The highest BCUT2D eigenvalue weighted by Gasteiger charge is 2.66. The van der Waals surface area contributed by atoms with Crippen LogP contribution in [-0.2, 0) is 14.3 Å². The van der Waals surface area contributed by atoms with Gasteiger partial charge in [-0.15, -0.1) is 0 Å². The maximum Gasteiger partial charge on any atom is 0.269 e. The second kappa shape index (κ2) is 6.57. The summed E-state index contributed by atoms with van der Waals surface area (Å²) in [6.07, 6.45) is -0.0729. The average molecular weight is 405 g/mol. The SMILES string of the molecule is Cc1cc(C)c(C2C(=O)[C@@H]3[C@@H]4O[C@@H](C[C@H]4c4cccc([N+](=O)[O-])c4)[C@@H]3C2=O)c(C)c1. The number of carbonyl (C=O) groups excluding carboxylic acids is 2. The quantitative estimate of drug-likeness (QED) is 0.439. The fourth-order valence-electron chi connectivity index (χ4n) is 6.09. The molecule has 2 heterocycles. The van der Waals surface area contributed by atoms with Crippen LogP contribution in [0, 0.1) is 42.7 Å². The monoisotopic (exact) mass is 405 g/mol. The molecule has 2 aromatic rings. The molecule has 6 atom stereocenters. The van der Waals surface area contributed by atoms with Gasteiger partial charge in [0.05, 0.1) is 29.0 Å². The number of rotatable bonds is 3. The van der Waals surface area contributed by atoms with Crippen molar-refractivity contribution in [3.8, 4) is 0 Å². The Labute approximate surface area is 174 Å². The summed E-state index contributed by atoms with van der Waals surface area (Å²) in [6, 6.07) is 10.6. The van der Waals surface area contributed by atoms with Gasteiger partial charge in [-0.2, -0.15) is 0 Å². The van der Waals surface area contributed by atoms with Crippen molar-refractivity contribution in [1.29, 1.82) is 0 Å². The second-order valence-electron chi connectivity index (χ2n) is 8.94. The highest BCUT2D eigenvalue weighted by molar-refractivity contribution is 6.17. The Morgan fingerprint density at radius 2 is 1.67 bits per heavy atom. The number of aryl methyl sites for hydroxylation is 3. The number of nitro groups is 1. The largest absolute Gasteiger partial charge is 0.373 e. The van der Waals surface area contributed by atoms with Crippen LogP contribution in [0.4, 0.5) is 5.69 Å². The molecule has 6 nitrogen and oxygen atoms in total. The number of ketones is 2. The molecule has 0 aromatic heterocycles. The van der Waals surface area contributed by atoms with Crippen molar-refractivity contribution < 1.29 is 19.2 Å². The van der Waals surface area contributed by atoms with E-state index in [4.69, 9.17) is 4.74 Å². The Bertz CT molecular complexity index is 1080. The first-order valence-electron chi connectivity index (χ1n) is 10.3. The molecular weight excluding hydrogens is 382 g/mol. The lowest BCUT2D eigenvalue weighted by molar-refractivity contribution is -0.384. The van der Waals surface area contributed by atoms with Gasteiger partial charge in [-0.25, -0.2) is 0 Å². The van der Waals surface area contributed by atoms with Crippen LogP contribution in [0.3, 0.4) is 0 Å². The molecule has 0 spiro atoms. The lowest BCUT2D eigenvalue weighted by atomic mass is 9.73. The van der Waals surface area contributed by atoms with Gasteiger partial charge in [-0.1, -0.05) is 29.8 Å². The summed E-state index contributed by atoms with van der Waals surface area (Å²) in [5, 5.41) is 11.2. The summed E-state index contributed by atoms with van der Waals surface area (Å²) in [5.41, 5.74) is 4.74. The maximum absolute atomic E-state index is 13.5. The van der Waals surface area contributed by atoms with Gasteiger partial charge in [-0.05, 0) is 49.4 Å². The normalized spacial score (nSPS) is 32.0. The van der Waals surface area contributed by atoms with Crippen LogP contribution in [0.15, 0.2) is 36.4 Å². The first-order chi connectivity index (χ1) is 14.3. The third-order valence-electron chi connectivity index (χ3n) is 7.12. The smallest absolute Gasteiger partial charge is 0.269 e. The van der Waals surface area contributed by atoms with Crippen LogP contribution in [-0.4, -0.2) is 28.7 Å². The van der Waals surface area contributed by atoms with E-state index in [0.29, 0.717) is 6.42 Å². The number of fused-ring (bicyclic) bond motifs is 5. The molecular formula is C24H23NO5. The molecule has 2 saturated heterocycles. The summed E-state index contributed by atoms with van der Waals surface area (Å²) >= 11 is 0. The molecule has 1 saturated carbocycles. The number of carbonyl (C=O) groups is 2. The van der Waals surface area contributed by atoms with Crippen molar-refractivity contribution in [3.63, 3.8) is 0 Å². The number of Topliss-reactive ketones (excluding diaryl/α,β-unsaturated/α-hetero) is 2. The van der Waals surface area contributed by atoms with Crippen molar-refractivity contribution in [2.45, 2.75) is 51.2 Å². The molecule has 0 N–H and O–H groups in total. The summed E-state index contributed by atoms with van der Waals surface area (Å²) < 4.78 is 6.10. The first-order valence-corrected chi connectivity index (χ1v) is 10.3. The van der Waals surface area contributed by atoms with Crippen molar-refractivity contribution in [1.82, 2.24) is 0 Å². The van der Waals surface area contributed by atoms with Crippen molar-refractivity contribution in [3.05, 3.63) is 74.3 Å². The average Bonchev–Trinajstić information content (AvgIpc) is 3.34. The number of benzene rings is 2. The zero-order valence-electron chi connectivity index (χ0n) is 17.1. The minimum Gasteiger partial charge on any atom is -0.373 e. The predicted octanol–water partition coefficient (Wildman–Crippen LogP) is 3.94. The Morgan fingerprint density at radius 3 is 2.33 bits per heavy atom. The number of hydrogen-bond donors (Lipinski definition) is 0. The van der Waals surface area contributed by atoms with Gasteiger partial charge >= 0.3 is 0 Å².